The molecule has 0 aliphatic carbocycles. The van der Waals surface area contributed by atoms with Gasteiger partial charge in [0.25, 0.3) is 56.3 Å². The average Bonchev–Trinajstić information content (AvgIpc) is 3.41. The lowest BCUT2D eigenvalue weighted by Gasteiger charge is -2.15. The molecule has 0 fully saturated rings. The molecule has 0 saturated carbocycles. The van der Waals surface area contributed by atoms with Crippen LogP contribution in [0.1, 0.15) is 0 Å². The predicted molar refractivity (Wildman–Crippen MR) is 257 cm³/mol. The van der Waals surface area contributed by atoms with Gasteiger partial charge in [0.15, 0.2) is 11.5 Å². The number of nitro benzene ring substituents is 1. The van der Waals surface area contributed by atoms with Gasteiger partial charge in [-0.1, -0.05) is 10.1 Å². The van der Waals surface area contributed by atoms with E-state index in [0.717, 1.165) is 36.4 Å². The zero-order chi connectivity index (χ0) is 56.9. The van der Waals surface area contributed by atoms with Gasteiger partial charge in [-0.25, -0.2) is 10.5 Å². The van der Waals surface area contributed by atoms with Gasteiger partial charge in [-0.2, -0.15) is 42.1 Å². The monoisotopic (exact) mass is 1210 g/mol. The summed E-state index contributed by atoms with van der Waals surface area (Å²) < 4.78 is 184. The Morgan fingerprint density at radius 3 is 1.66 bits per heavy atom. The van der Waals surface area contributed by atoms with E-state index in [1.807, 2.05) is 0 Å². The largest absolute Gasteiger partial charge is 0.507 e. The Labute approximate surface area is 435 Å². The highest BCUT2D eigenvalue weighted by Gasteiger charge is 2.30. The lowest BCUT2D eigenvalue weighted by Crippen LogP contribution is -2.03. The van der Waals surface area contributed by atoms with Crippen LogP contribution in [0.2, 0.25) is 0 Å². The van der Waals surface area contributed by atoms with E-state index in [4.69, 9.17) is 16.2 Å². The highest BCUT2D eigenvalue weighted by Crippen LogP contribution is 2.51. The number of nitrogens with two attached hydrogens (primary N) is 1. The van der Waals surface area contributed by atoms with Gasteiger partial charge in [0.05, 0.1) is 54.8 Å². The summed E-state index contributed by atoms with van der Waals surface area (Å²) in [6.45, 7) is 0. The number of rotatable bonds is 18. The van der Waals surface area contributed by atoms with Crippen molar-refractivity contribution in [2.45, 2.75) is 34.3 Å². The maximum absolute atomic E-state index is 13.1. The Morgan fingerprint density at radius 1 is 0.506 bits per heavy atom. The Hall–Kier alpha value is -7.27. The number of azo groups is 3. The number of nitro groups is 1. The maximum atomic E-state index is 13.1. The van der Waals surface area contributed by atoms with Gasteiger partial charge in [-0.3, -0.25) is 32.9 Å². The van der Waals surface area contributed by atoms with E-state index in [1.165, 1.54) is 0 Å². The van der Waals surface area contributed by atoms with Crippen LogP contribution in [0.25, 0.3) is 32.3 Å². The number of nitrogens with zero attached hydrogens (tertiary/aromatic N) is 7. The van der Waals surface area contributed by atoms with Crippen LogP contribution < -0.4 is 5.73 Å². The molecule has 0 aromatic heterocycles. The van der Waals surface area contributed by atoms with Crippen molar-refractivity contribution in [1.82, 2.24) is 0 Å². The number of aromatic hydroxyl groups is 3. The zero-order valence-electron chi connectivity index (χ0n) is 36.5. The Morgan fingerprint density at radius 2 is 1.08 bits per heavy atom. The topological polar surface area (TPSA) is 553 Å². The van der Waals surface area contributed by atoms with Crippen LogP contribution in [-0.2, 0) is 69.3 Å². The van der Waals surface area contributed by atoms with E-state index in [0.29, 0.717) is 36.4 Å². The zero-order valence-corrected chi connectivity index (χ0v) is 42.2. The minimum atomic E-state index is -5.69. The lowest BCUT2D eigenvalue weighted by atomic mass is 10.0. The van der Waals surface area contributed by atoms with Crippen LogP contribution in [-0.4, -0.2) is 95.6 Å². The third-order valence-electron chi connectivity index (χ3n) is 10.1. The van der Waals surface area contributed by atoms with Crippen molar-refractivity contribution in [1.29, 1.82) is 0 Å². The van der Waals surface area contributed by atoms with Gasteiger partial charge >= 0.3 is 0 Å². The first-order valence-corrected chi connectivity index (χ1v) is 27.9. The summed E-state index contributed by atoms with van der Waals surface area (Å²) in [5, 5.41) is 88.3. The molecule has 34 nitrogen and oxygen atoms in total. The quantitative estimate of drug-likeness (QED) is 0.00735. The van der Waals surface area contributed by atoms with E-state index in [-0.39, 0.29) is 39.8 Å². The normalized spacial score (nSPS) is 13.1. The van der Waals surface area contributed by atoms with Crippen molar-refractivity contribution in [3.8, 4) is 17.2 Å². The molecule has 406 valence electrons. The number of nitrogen functional groups attached to an aromatic ring is 1. The fraction of sp³-hybridized carbons (Fsp3) is 0. The molecule has 7 rings (SSSR count). The van der Waals surface area contributed by atoms with Gasteiger partial charge in [-0.15, -0.1) is 39.4 Å². The van der Waals surface area contributed by atoms with E-state index in [2.05, 4.69) is 49.4 Å². The van der Waals surface area contributed by atoms with E-state index in [1.54, 1.807) is 0 Å². The highest BCUT2D eigenvalue weighted by molar-refractivity contribution is 7.95. The molecule has 0 radical (unpaired) electrons. The number of hydrogen-bond donors (Lipinski definition) is 11. The first-order valence-electron chi connectivity index (χ1n) is 19.2. The van der Waals surface area contributed by atoms with Crippen LogP contribution >= 0.6 is 24.1 Å². The fourth-order valence-corrected chi connectivity index (χ4v) is 11.2. The third-order valence-corrected chi connectivity index (χ3v) is 15.8. The maximum Gasteiger partial charge on any atom is 0.297 e. The summed E-state index contributed by atoms with van der Waals surface area (Å²) in [7, 11) is -27.0. The van der Waals surface area contributed by atoms with Crippen molar-refractivity contribution in [2.75, 3.05) is 5.73 Å². The molecule has 7 aromatic carbocycles. The van der Waals surface area contributed by atoms with Crippen molar-refractivity contribution in [3.05, 3.63) is 82.9 Å². The van der Waals surface area contributed by atoms with Gasteiger partial charge in [0, 0.05) is 39.7 Å². The summed E-state index contributed by atoms with van der Waals surface area (Å²) in [4.78, 5) is 3.49. The number of anilines is 1. The van der Waals surface area contributed by atoms with Crippen LogP contribution in [0.4, 0.5) is 45.5 Å². The molecule has 0 saturated heterocycles. The molecule has 0 unspecified atom stereocenters. The lowest BCUT2D eigenvalue weighted by molar-refractivity contribution is -0.432. The number of phenols is 3. The molecule has 0 bridgehead atoms. The van der Waals surface area contributed by atoms with Crippen LogP contribution in [0.3, 0.4) is 0 Å². The second-order valence-corrected chi connectivity index (χ2v) is 23.1. The SMILES string of the molecule is Nc1c(N=Nc2ccc3c(O)c(N=Nc4cc5c(O)cc(S(=O)(=O)O)cc5cc4SOOO)c(S(=O)(=O)O)cc3c2S(=O)(=O)O)cc(S(=O)(=O)O)c2cc(SOOO)c(N=Nc3ccc([N+](=O)[O-])cc3S(=O)(=O)O)c(O)c12. The summed E-state index contributed by atoms with van der Waals surface area (Å²) in [6, 6.07) is 8.52. The fourth-order valence-electron chi connectivity index (χ4n) is 6.94. The summed E-state index contributed by atoms with van der Waals surface area (Å²) in [5.41, 5.74) is -0.451. The molecule has 0 aliphatic heterocycles. The van der Waals surface area contributed by atoms with Crippen LogP contribution in [0.15, 0.2) is 138 Å². The molecule has 12 N–H and O–H groups in total. The Bertz CT molecular complexity index is 4370. The second kappa shape index (κ2) is 21.3. The van der Waals surface area contributed by atoms with Crippen molar-refractivity contribution >= 4 is 152 Å². The highest BCUT2D eigenvalue weighted by atomic mass is 32.2. The first-order chi connectivity index (χ1) is 35.8. The van der Waals surface area contributed by atoms with Crippen molar-refractivity contribution in [2.24, 2.45) is 30.7 Å². The number of hydrogen-bond acceptors (Lipinski definition) is 30. The molecule has 77 heavy (non-hydrogen) atoms. The second-order valence-electron chi connectivity index (χ2n) is 14.7. The van der Waals surface area contributed by atoms with E-state index in [9.17, 15) is 90.3 Å². The smallest absolute Gasteiger partial charge is 0.297 e. The molecular formula is C36H24N8O26S7. The molecule has 0 amide bonds. The van der Waals surface area contributed by atoms with Gasteiger partial charge in [0.1, 0.15) is 59.5 Å². The summed E-state index contributed by atoms with van der Waals surface area (Å²) in [6.07, 6.45) is 0. The molecular weight excluding hydrogens is 1180 g/mol. The number of fused-ring (bicyclic) bond motifs is 3. The summed E-state index contributed by atoms with van der Waals surface area (Å²) >= 11 is 0.129. The average molecular weight is 1210 g/mol. The standard InChI is InChI=1S/C36H24N8O26S7/c37-31-23(12-27(74(55,56)57)19-10-26(72-70-68-51)32(35(47)30(19)31)42-38-20-3-1-14(44(48)49)7-28(20)75(58,59)60)41-39-21-4-2-16-18(36(21)77(64,65)66)11-29(76(61,62)63)33(34(16)46)43-40-22-9-17-13(6-25(22)71-69-67-50)5-15(8-24(17)45)73(52,53)54/h1-12,45-47,50-51H,37H2,(H,52,53,54)(H,55,56,57)(H,58,59,60)(H,61,62,63)(H,64,65,66). The Balaban J connectivity index is 1.42. The van der Waals surface area contributed by atoms with Crippen molar-refractivity contribution in [3.63, 3.8) is 0 Å². The number of non-ortho nitro benzene ring substituents is 1. The molecule has 0 atom stereocenters. The van der Waals surface area contributed by atoms with Gasteiger partial charge in [0.2, 0.25) is 0 Å². The number of phenolic OH excluding ortho intramolecular Hbond substituents is 3. The van der Waals surface area contributed by atoms with Gasteiger partial charge in [-0.05, 0) is 60.0 Å². The van der Waals surface area contributed by atoms with Crippen molar-refractivity contribution < 1.29 is 114 Å². The molecule has 41 heteroatoms. The summed E-state index contributed by atoms with van der Waals surface area (Å²) in [5.74, 6) is -3.29. The minimum Gasteiger partial charge on any atom is -0.507 e. The minimum absolute atomic E-state index is 0.0330. The van der Waals surface area contributed by atoms with Crippen LogP contribution in [0.5, 0.6) is 17.2 Å². The molecule has 0 aliphatic rings. The van der Waals surface area contributed by atoms with Crippen LogP contribution in [0, 0.1) is 10.1 Å². The Kier molecular flexibility index (Phi) is 15.9. The first kappa shape index (κ1) is 57.4. The molecule has 0 spiro atoms. The molecule has 0 heterocycles. The number of benzene rings is 7. The van der Waals surface area contributed by atoms with Gasteiger partial charge < -0.3 is 21.1 Å². The third kappa shape index (κ3) is 12.0. The van der Waals surface area contributed by atoms with E-state index < -0.39 is 169 Å². The molecule has 7 aromatic rings. The predicted octanol–water partition coefficient (Wildman–Crippen LogP) is 8.09. The van der Waals surface area contributed by atoms with E-state index >= 15 is 0 Å².